The molecule has 5 rings (SSSR count). The van der Waals surface area contributed by atoms with Crippen LogP contribution in [0.2, 0.25) is 0 Å². The van der Waals surface area contributed by atoms with Gasteiger partial charge in [-0.1, -0.05) is 78.9 Å². The van der Waals surface area contributed by atoms with Crippen LogP contribution in [0.25, 0.3) is 21.0 Å². The molecular formula is C28H25N3O3S2. The summed E-state index contributed by atoms with van der Waals surface area (Å²) in [5.41, 5.74) is 2.25. The molecule has 0 aliphatic carbocycles. The van der Waals surface area contributed by atoms with E-state index < -0.39 is 15.9 Å². The first-order chi connectivity index (χ1) is 17.4. The predicted molar refractivity (Wildman–Crippen MR) is 144 cm³/mol. The highest BCUT2D eigenvalue weighted by molar-refractivity contribution is 7.89. The zero-order valence-corrected chi connectivity index (χ0v) is 21.6. The van der Waals surface area contributed by atoms with Crippen molar-refractivity contribution in [1.29, 1.82) is 0 Å². The molecule has 0 aliphatic rings. The summed E-state index contributed by atoms with van der Waals surface area (Å²) < 4.78 is 30.8. The molecule has 182 valence electrons. The number of rotatable bonds is 6. The molecule has 0 radical (unpaired) electrons. The minimum atomic E-state index is -3.71. The lowest BCUT2D eigenvalue weighted by atomic mass is 10.1. The molecule has 6 nitrogen and oxygen atoms in total. The van der Waals surface area contributed by atoms with Crippen LogP contribution in [-0.4, -0.2) is 29.7 Å². The largest absolute Gasteiger partial charge is 0.319 e. The molecule has 1 aromatic heterocycles. The van der Waals surface area contributed by atoms with E-state index in [2.05, 4.69) is 23.2 Å². The van der Waals surface area contributed by atoms with E-state index in [4.69, 9.17) is 0 Å². The maximum Gasteiger partial charge on any atom is 0.279 e. The summed E-state index contributed by atoms with van der Waals surface area (Å²) >= 11 is 1.46. The van der Waals surface area contributed by atoms with Crippen LogP contribution in [0.1, 0.15) is 22.8 Å². The number of aryl methyl sites for hydroxylation is 1. The number of nitrogens with zero attached hydrogens (tertiary/aromatic N) is 3. The van der Waals surface area contributed by atoms with Crippen molar-refractivity contribution in [2.45, 2.75) is 18.4 Å². The van der Waals surface area contributed by atoms with Crippen LogP contribution < -0.4 is 4.80 Å². The molecule has 0 saturated carbocycles. The van der Waals surface area contributed by atoms with Gasteiger partial charge in [0.2, 0.25) is 10.0 Å². The molecule has 36 heavy (non-hydrogen) atoms. The standard InChI is InChI=1S/C28H25N3O3S2/c1-3-31(19-20-9-5-4-6-10-20)36(33,34)23-16-13-22(14-17-23)27(32)29-28-30(2)25-18-15-21-11-7-8-12-24(21)26(25)35-28/h4-18H,3,19H2,1-2H3. The lowest BCUT2D eigenvalue weighted by molar-refractivity contribution is 0.0998. The smallest absolute Gasteiger partial charge is 0.279 e. The third-order valence-electron chi connectivity index (χ3n) is 6.19. The lowest BCUT2D eigenvalue weighted by Gasteiger charge is -2.20. The number of hydrogen-bond donors (Lipinski definition) is 0. The molecule has 0 unspecified atom stereocenters. The summed E-state index contributed by atoms with van der Waals surface area (Å²) in [6.45, 7) is 2.43. The van der Waals surface area contributed by atoms with Gasteiger partial charge in [0, 0.05) is 31.1 Å². The summed E-state index contributed by atoms with van der Waals surface area (Å²) in [5, 5.41) is 2.25. The van der Waals surface area contributed by atoms with E-state index in [0.29, 0.717) is 16.9 Å². The molecule has 8 heteroatoms. The maximum atomic E-state index is 13.2. The predicted octanol–water partition coefficient (Wildman–Crippen LogP) is 5.34. The molecule has 1 amide bonds. The second-order valence-electron chi connectivity index (χ2n) is 8.44. The molecule has 0 N–H and O–H groups in total. The van der Waals surface area contributed by atoms with E-state index in [1.807, 2.05) is 67.1 Å². The quantitative estimate of drug-likeness (QED) is 0.306. The van der Waals surface area contributed by atoms with Crippen LogP contribution in [0.15, 0.2) is 101 Å². The molecule has 5 aromatic rings. The van der Waals surface area contributed by atoms with Gasteiger partial charge in [-0.15, -0.1) is 0 Å². The minimum Gasteiger partial charge on any atom is -0.319 e. The number of aromatic nitrogens is 1. The highest BCUT2D eigenvalue weighted by Crippen LogP contribution is 2.27. The van der Waals surface area contributed by atoms with E-state index in [1.54, 1.807) is 0 Å². The number of sulfonamides is 1. The van der Waals surface area contributed by atoms with Gasteiger partial charge in [0.05, 0.1) is 15.1 Å². The zero-order chi connectivity index (χ0) is 25.3. The van der Waals surface area contributed by atoms with Crippen LogP contribution in [0, 0.1) is 0 Å². The van der Waals surface area contributed by atoms with Crippen molar-refractivity contribution in [3.05, 3.63) is 107 Å². The highest BCUT2D eigenvalue weighted by atomic mass is 32.2. The summed E-state index contributed by atoms with van der Waals surface area (Å²) in [4.78, 5) is 18.1. The monoisotopic (exact) mass is 515 g/mol. The Morgan fingerprint density at radius 1 is 0.917 bits per heavy atom. The van der Waals surface area contributed by atoms with Gasteiger partial charge in [-0.2, -0.15) is 9.30 Å². The van der Waals surface area contributed by atoms with Crippen molar-refractivity contribution < 1.29 is 13.2 Å². The Labute approximate surface area is 213 Å². The van der Waals surface area contributed by atoms with Crippen molar-refractivity contribution in [3.63, 3.8) is 0 Å². The average molecular weight is 516 g/mol. The number of benzene rings is 4. The molecule has 0 fully saturated rings. The fourth-order valence-corrected chi connectivity index (χ4v) is 6.78. The van der Waals surface area contributed by atoms with Crippen LogP contribution in [-0.2, 0) is 23.6 Å². The van der Waals surface area contributed by atoms with Gasteiger partial charge in [0.25, 0.3) is 5.91 Å². The van der Waals surface area contributed by atoms with Gasteiger partial charge in [0.15, 0.2) is 4.80 Å². The third kappa shape index (κ3) is 4.51. The number of carbonyl (C=O) groups excluding carboxylic acids is 1. The highest BCUT2D eigenvalue weighted by Gasteiger charge is 2.23. The van der Waals surface area contributed by atoms with Gasteiger partial charge in [-0.3, -0.25) is 4.79 Å². The fraction of sp³-hybridized carbons (Fsp3) is 0.143. The van der Waals surface area contributed by atoms with Gasteiger partial charge >= 0.3 is 0 Å². The van der Waals surface area contributed by atoms with Gasteiger partial charge in [-0.25, -0.2) is 8.42 Å². The molecule has 0 spiro atoms. The van der Waals surface area contributed by atoms with E-state index in [-0.39, 0.29) is 11.4 Å². The van der Waals surface area contributed by atoms with Crippen LogP contribution in [0.3, 0.4) is 0 Å². The molecule has 1 heterocycles. The van der Waals surface area contributed by atoms with Crippen molar-refractivity contribution >= 4 is 48.3 Å². The second-order valence-corrected chi connectivity index (χ2v) is 11.4. The second kappa shape index (κ2) is 9.81. The molecule has 0 saturated heterocycles. The Balaban J connectivity index is 1.43. The van der Waals surface area contributed by atoms with Crippen molar-refractivity contribution in [3.8, 4) is 0 Å². The lowest BCUT2D eigenvalue weighted by Crippen LogP contribution is -2.30. The minimum absolute atomic E-state index is 0.149. The Morgan fingerprint density at radius 3 is 2.33 bits per heavy atom. The molecule has 0 aliphatic heterocycles. The molecular weight excluding hydrogens is 490 g/mol. The van der Waals surface area contributed by atoms with E-state index in [1.165, 1.54) is 39.9 Å². The Hall–Kier alpha value is -3.59. The Morgan fingerprint density at radius 2 is 1.61 bits per heavy atom. The van der Waals surface area contributed by atoms with E-state index in [9.17, 15) is 13.2 Å². The van der Waals surface area contributed by atoms with Crippen molar-refractivity contribution in [1.82, 2.24) is 8.87 Å². The van der Waals surface area contributed by atoms with Gasteiger partial charge in [-0.05, 0) is 41.3 Å². The molecule has 0 atom stereocenters. The van der Waals surface area contributed by atoms with Crippen LogP contribution in [0.4, 0.5) is 0 Å². The number of amides is 1. The molecule has 4 aromatic carbocycles. The third-order valence-corrected chi connectivity index (χ3v) is 9.31. The van der Waals surface area contributed by atoms with Crippen LogP contribution >= 0.6 is 11.3 Å². The number of thiazole rings is 1. The van der Waals surface area contributed by atoms with Crippen molar-refractivity contribution in [2.24, 2.45) is 12.0 Å². The van der Waals surface area contributed by atoms with Gasteiger partial charge in [0.1, 0.15) is 0 Å². The van der Waals surface area contributed by atoms with Crippen molar-refractivity contribution in [2.75, 3.05) is 6.54 Å². The van der Waals surface area contributed by atoms with E-state index in [0.717, 1.165) is 26.6 Å². The number of fused-ring (bicyclic) bond motifs is 3. The first-order valence-electron chi connectivity index (χ1n) is 11.6. The number of hydrogen-bond acceptors (Lipinski definition) is 4. The first-order valence-corrected chi connectivity index (χ1v) is 13.8. The summed E-state index contributed by atoms with van der Waals surface area (Å²) in [5.74, 6) is -0.415. The topological polar surface area (TPSA) is 71.7 Å². The summed E-state index contributed by atoms with van der Waals surface area (Å²) in [6, 6.07) is 27.7. The Bertz CT molecular complexity index is 1740. The SMILES string of the molecule is CCN(Cc1ccccc1)S(=O)(=O)c1ccc(C(=O)N=c2sc3c4ccccc4ccc3n2C)cc1. The van der Waals surface area contributed by atoms with Crippen LogP contribution in [0.5, 0.6) is 0 Å². The first kappa shape index (κ1) is 24.1. The number of carbonyl (C=O) groups is 1. The maximum absolute atomic E-state index is 13.2. The summed E-state index contributed by atoms with van der Waals surface area (Å²) in [7, 11) is -1.82. The van der Waals surface area contributed by atoms with E-state index >= 15 is 0 Å². The van der Waals surface area contributed by atoms with Gasteiger partial charge < -0.3 is 4.57 Å². The fourth-order valence-electron chi connectivity index (χ4n) is 4.19. The zero-order valence-electron chi connectivity index (χ0n) is 20.0. The summed E-state index contributed by atoms with van der Waals surface area (Å²) in [6.07, 6.45) is 0. The molecule has 0 bridgehead atoms. The Kier molecular flexibility index (Phi) is 6.57. The average Bonchev–Trinajstić information content (AvgIpc) is 3.23. The normalized spacial score (nSPS) is 12.6.